The van der Waals surface area contributed by atoms with E-state index in [-0.39, 0.29) is 43.0 Å². The number of likely N-dealkylation sites (N-methyl/N-ethyl adjacent to an activating group) is 1. The van der Waals surface area contributed by atoms with Crippen LogP contribution in [0, 0.1) is 0 Å². The van der Waals surface area contributed by atoms with E-state index in [9.17, 15) is 19.2 Å². The summed E-state index contributed by atoms with van der Waals surface area (Å²) in [4.78, 5) is 51.8. The minimum atomic E-state index is -0.362. The molecule has 0 spiro atoms. The van der Waals surface area contributed by atoms with E-state index < -0.39 is 0 Å². The lowest BCUT2D eigenvalue weighted by Crippen LogP contribution is -2.38. The lowest BCUT2D eigenvalue weighted by molar-refractivity contribution is -0.121. The molecule has 1 N–H and O–H groups in total. The van der Waals surface area contributed by atoms with Gasteiger partial charge < -0.3 is 15.0 Å². The standard InChI is InChI=1S/C22H23N3O5/c1-3-24(14-19(26)23-16-7-5-9-18(13-16)30-2)22(29)15-6-4-8-17(12-15)25-20(27)10-11-21(25)28/h4-9,12-13H,3,10-11,14H2,1-2H3,(H,23,26). The van der Waals surface area contributed by atoms with Gasteiger partial charge in [-0.05, 0) is 37.3 Å². The monoisotopic (exact) mass is 409 g/mol. The Morgan fingerprint density at radius 1 is 1.07 bits per heavy atom. The molecule has 0 atom stereocenters. The van der Waals surface area contributed by atoms with Gasteiger partial charge in [0.05, 0.1) is 12.8 Å². The Hall–Kier alpha value is -3.68. The highest BCUT2D eigenvalue weighted by Gasteiger charge is 2.30. The normalized spacial score (nSPS) is 13.3. The van der Waals surface area contributed by atoms with Crippen molar-refractivity contribution in [3.63, 3.8) is 0 Å². The second kappa shape index (κ2) is 9.21. The number of rotatable bonds is 7. The first-order valence-electron chi connectivity index (χ1n) is 9.62. The lowest BCUT2D eigenvalue weighted by Gasteiger charge is -2.21. The van der Waals surface area contributed by atoms with E-state index in [4.69, 9.17) is 4.74 Å². The number of amides is 4. The van der Waals surface area contributed by atoms with Gasteiger partial charge in [0, 0.05) is 36.7 Å². The van der Waals surface area contributed by atoms with Crippen LogP contribution in [0.1, 0.15) is 30.1 Å². The van der Waals surface area contributed by atoms with Gasteiger partial charge >= 0.3 is 0 Å². The van der Waals surface area contributed by atoms with E-state index in [0.717, 1.165) is 4.90 Å². The second-order valence-electron chi connectivity index (χ2n) is 6.77. The molecule has 8 nitrogen and oxygen atoms in total. The second-order valence-corrected chi connectivity index (χ2v) is 6.77. The molecule has 0 aliphatic carbocycles. The number of anilines is 2. The third-order valence-corrected chi connectivity index (χ3v) is 4.76. The summed E-state index contributed by atoms with van der Waals surface area (Å²) in [5, 5.41) is 2.75. The zero-order chi connectivity index (χ0) is 21.7. The van der Waals surface area contributed by atoms with Gasteiger partial charge in [-0.15, -0.1) is 0 Å². The van der Waals surface area contributed by atoms with E-state index in [1.54, 1.807) is 49.4 Å². The molecule has 30 heavy (non-hydrogen) atoms. The third-order valence-electron chi connectivity index (χ3n) is 4.76. The fraction of sp³-hybridized carbons (Fsp3) is 0.273. The highest BCUT2D eigenvalue weighted by atomic mass is 16.5. The Morgan fingerprint density at radius 2 is 1.77 bits per heavy atom. The molecule has 156 valence electrons. The van der Waals surface area contributed by atoms with Crippen molar-refractivity contribution in [3.05, 3.63) is 54.1 Å². The number of imide groups is 1. The molecule has 0 saturated carbocycles. The van der Waals surface area contributed by atoms with Crippen molar-refractivity contribution in [2.24, 2.45) is 0 Å². The summed E-state index contributed by atoms with van der Waals surface area (Å²) in [7, 11) is 1.54. The van der Waals surface area contributed by atoms with Crippen LogP contribution >= 0.6 is 0 Å². The van der Waals surface area contributed by atoms with Crippen LogP contribution in [0.15, 0.2) is 48.5 Å². The molecular weight excluding hydrogens is 386 g/mol. The Kier molecular flexibility index (Phi) is 6.46. The summed E-state index contributed by atoms with van der Waals surface area (Å²) in [6.45, 7) is 1.95. The summed E-state index contributed by atoms with van der Waals surface area (Å²) >= 11 is 0. The van der Waals surface area contributed by atoms with E-state index >= 15 is 0 Å². The van der Waals surface area contributed by atoms with Crippen LogP contribution in [0.25, 0.3) is 0 Å². The Balaban J connectivity index is 1.71. The number of benzene rings is 2. The van der Waals surface area contributed by atoms with Gasteiger partial charge in [0.2, 0.25) is 17.7 Å². The molecule has 1 fully saturated rings. The van der Waals surface area contributed by atoms with E-state index in [2.05, 4.69) is 5.32 Å². The van der Waals surface area contributed by atoms with Gasteiger partial charge in [0.25, 0.3) is 5.91 Å². The molecule has 0 bridgehead atoms. The Bertz CT molecular complexity index is 972. The maximum absolute atomic E-state index is 12.9. The average molecular weight is 409 g/mol. The van der Waals surface area contributed by atoms with Crippen LogP contribution in [0.4, 0.5) is 11.4 Å². The molecule has 0 unspecified atom stereocenters. The topological polar surface area (TPSA) is 96.0 Å². The largest absolute Gasteiger partial charge is 0.497 e. The van der Waals surface area contributed by atoms with Gasteiger partial charge in [-0.3, -0.25) is 24.1 Å². The van der Waals surface area contributed by atoms with Crippen molar-refractivity contribution in [2.75, 3.05) is 30.4 Å². The Morgan fingerprint density at radius 3 is 2.43 bits per heavy atom. The van der Waals surface area contributed by atoms with Crippen LogP contribution in [-0.4, -0.2) is 48.7 Å². The summed E-state index contributed by atoms with van der Waals surface area (Å²) in [6.07, 6.45) is 0.338. The van der Waals surface area contributed by atoms with Crippen LogP contribution < -0.4 is 15.0 Å². The minimum Gasteiger partial charge on any atom is -0.497 e. The van der Waals surface area contributed by atoms with Crippen molar-refractivity contribution < 1.29 is 23.9 Å². The molecule has 0 aromatic heterocycles. The quantitative estimate of drug-likeness (QED) is 0.709. The van der Waals surface area contributed by atoms with Crippen LogP contribution in [-0.2, 0) is 14.4 Å². The molecule has 2 aromatic rings. The summed E-state index contributed by atoms with van der Waals surface area (Å²) in [6, 6.07) is 13.3. The molecule has 1 aliphatic rings. The van der Waals surface area contributed by atoms with Crippen LogP contribution in [0.5, 0.6) is 5.75 Å². The molecule has 8 heteroatoms. The molecule has 2 aromatic carbocycles. The molecule has 3 rings (SSSR count). The predicted octanol–water partition coefficient (Wildman–Crippen LogP) is 2.45. The molecule has 0 radical (unpaired) electrons. The zero-order valence-electron chi connectivity index (χ0n) is 16.9. The van der Waals surface area contributed by atoms with E-state index in [0.29, 0.717) is 29.2 Å². The van der Waals surface area contributed by atoms with Crippen molar-refractivity contribution in [1.82, 2.24) is 4.90 Å². The van der Waals surface area contributed by atoms with Gasteiger partial charge in [-0.25, -0.2) is 0 Å². The first-order valence-corrected chi connectivity index (χ1v) is 9.62. The van der Waals surface area contributed by atoms with Crippen molar-refractivity contribution in [3.8, 4) is 5.75 Å². The van der Waals surface area contributed by atoms with Crippen molar-refractivity contribution >= 4 is 35.0 Å². The zero-order valence-corrected chi connectivity index (χ0v) is 16.9. The van der Waals surface area contributed by atoms with Gasteiger partial charge in [0.1, 0.15) is 12.3 Å². The summed E-state index contributed by atoms with van der Waals surface area (Å²) < 4.78 is 5.14. The van der Waals surface area contributed by atoms with E-state index in [1.807, 2.05) is 0 Å². The Labute approximate surface area is 174 Å². The van der Waals surface area contributed by atoms with Crippen LogP contribution in [0.3, 0.4) is 0 Å². The summed E-state index contributed by atoms with van der Waals surface area (Å²) in [5.74, 6) is -0.665. The highest BCUT2D eigenvalue weighted by molar-refractivity contribution is 6.20. The van der Waals surface area contributed by atoms with Gasteiger partial charge in [0.15, 0.2) is 0 Å². The number of methoxy groups -OCH3 is 1. The van der Waals surface area contributed by atoms with E-state index in [1.165, 1.54) is 18.1 Å². The number of carbonyl (C=O) groups excluding carboxylic acids is 4. The van der Waals surface area contributed by atoms with Crippen LogP contribution in [0.2, 0.25) is 0 Å². The number of hydrogen-bond donors (Lipinski definition) is 1. The molecule has 1 saturated heterocycles. The predicted molar refractivity (Wildman–Crippen MR) is 111 cm³/mol. The lowest BCUT2D eigenvalue weighted by atomic mass is 10.1. The first kappa shape index (κ1) is 21.0. The number of carbonyl (C=O) groups is 4. The molecular formula is C22H23N3O5. The molecule has 1 aliphatic heterocycles. The fourth-order valence-electron chi connectivity index (χ4n) is 3.23. The van der Waals surface area contributed by atoms with Crippen molar-refractivity contribution in [1.29, 1.82) is 0 Å². The smallest absolute Gasteiger partial charge is 0.254 e. The first-order chi connectivity index (χ1) is 14.4. The number of nitrogens with one attached hydrogen (secondary N) is 1. The maximum atomic E-state index is 12.9. The summed E-state index contributed by atoms with van der Waals surface area (Å²) in [5.41, 5.74) is 1.23. The third kappa shape index (κ3) is 4.65. The number of hydrogen-bond acceptors (Lipinski definition) is 5. The van der Waals surface area contributed by atoms with Crippen molar-refractivity contribution in [2.45, 2.75) is 19.8 Å². The maximum Gasteiger partial charge on any atom is 0.254 e. The molecule has 4 amide bonds. The number of ether oxygens (including phenoxy) is 1. The SMILES string of the molecule is CCN(CC(=O)Nc1cccc(OC)c1)C(=O)c1cccc(N2C(=O)CCC2=O)c1. The average Bonchev–Trinajstić information content (AvgIpc) is 3.09. The van der Waals surface area contributed by atoms with Gasteiger partial charge in [-0.1, -0.05) is 12.1 Å². The minimum absolute atomic E-state index is 0.141. The fourth-order valence-corrected chi connectivity index (χ4v) is 3.23. The number of nitrogens with zero attached hydrogens (tertiary/aromatic N) is 2. The molecule has 1 heterocycles. The van der Waals surface area contributed by atoms with Gasteiger partial charge in [-0.2, -0.15) is 0 Å². The highest BCUT2D eigenvalue weighted by Crippen LogP contribution is 2.24.